The molecule has 0 aliphatic carbocycles. The van der Waals surface area contributed by atoms with Crippen LogP contribution in [-0.2, 0) is 24.0 Å². The maximum atomic E-state index is 12.7. The zero-order valence-corrected chi connectivity index (χ0v) is 9.86. The Morgan fingerprint density at radius 1 is 0.810 bits per heavy atom. The van der Waals surface area contributed by atoms with Gasteiger partial charge in [0.05, 0.1) is 7.11 Å². The largest absolute Gasteiger partial charge is 0.492 e. The maximum absolute atomic E-state index is 12.7. The third-order valence-electron chi connectivity index (χ3n) is 1.43. The van der Waals surface area contributed by atoms with Gasteiger partial charge in [-0.25, -0.2) is 23.6 Å². The molecule has 21 heavy (non-hydrogen) atoms. The van der Waals surface area contributed by atoms with Crippen molar-refractivity contribution in [3.63, 3.8) is 0 Å². The molecule has 0 saturated heterocycles. The van der Waals surface area contributed by atoms with Crippen molar-refractivity contribution in [3.8, 4) is 0 Å². The van der Waals surface area contributed by atoms with Crippen molar-refractivity contribution in [1.82, 2.24) is 0 Å². The maximum Gasteiger partial charge on any atom is 0.492 e. The molecule has 14 heteroatoms. The Balaban J connectivity index is 4.94. The van der Waals surface area contributed by atoms with Crippen molar-refractivity contribution < 1.29 is 63.5 Å². The molecule has 0 radical (unpaired) electrons. The molecule has 0 heterocycles. The van der Waals surface area contributed by atoms with Gasteiger partial charge in [0.25, 0.3) is 0 Å². The normalized spacial score (nSPS) is 14.6. The number of ether oxygens (including phenoxy) is 3. The van der Waals surface area contributed by atoms with Gasteiger partial charge in [0.1, 0.15) is 0 Å². The summed E-state index contributed by atoms with van der Waals surface area (Å²) in [6.45, 7) is -4.44. The van der Waals surface area contributed by atoms with Crippen molar-refractivity contribution in [2.75, 3.05) is 20.6 Å². The van der Waals surface area contributed by atoms with Gasteiger partial charge in [-0.1, -0.05) is 0 Å². The van der Waals surface area contributed by atoms with Crippen LogP contribution < -0.4 is 0 Å². The third kappa shape index (κ3) is 6.64. The average Bonchev–Trinajstić information content (AvgIpc) is 2.22. The molecule has 0 aliphatic heterocycles. The fraction of sp³-hybridized carbons (Fsp3) is 1.00. The number of halogens is 9. The first-order valence-corrected chi connectivity index (χ1v) is 4.56. The Bertz CT molecular complexity index is 324. The SMILES string of the molecule is COOCC(F)(F)OC(F)(F)C(F)(F)OC(F)(F)OCF. The highest BCUT2D eigenvalue weighted by atomic mass is 19.3. The molecule has 0 aromatic carbocycles. The van der Waals surface area contributed by atoms with Gasteiger partial charge in [0, 0.05) is 0 Å². The molecule has 0 unspecified atom stereocenters. The minimum atomic E-state index is -6.29. The van der Waals surface area contributed by atoms with E-state index >= 15 is 0 Å². The van der Waals surface area contributed by atoms with Crippen molar-refractivity contribution in [1.29, 1.82) is 0 Å². The van der Waals surface area contributed by atoms with Crippen molar-refractivity contribution in [2.24, 2.45) is 0 Å². The van der Waals surface area contributed by atoms with Crippen LogP contribution in [0.2, 0.25) is 0 Å². The highest BCUT2D eigenvalue weighted by Gasteiger charge is 2.68. The Kier molecular flexibility index (Phi) is 6.68. The molecular formula is C7H7F9O5. The summed E-state index contributed by atoms with van der Waals surface area (Å²) in [7, 11) is 0.681. The van der Waals surface area contributed by atoms with Crippen LogP contribution in [0.1, 0.15) is 0 Å². The Morgan fingerprint density at radius 2 is 1.29 bits per heavy atom. The lowest BCUT2D eigenvalue weighted by Crippen LogP contribution is -2.52. The first-order chi connectivity index (χ1) is 9.29. The van der Waals surface area contributed by atoms with Crippen molar-refractivity contribution in [2.45, 2.75) is 24.6 Å². The number of hydrogen-bond acceptors (Lipinski definition) is 5. The third-order valence-corrected chi connectivity index (χ3v) is 1.43. The summed E-state index contributed by atoms with van der Waals surface area (Å²) in [4.78, 5) is 7.06. The van der Waals surface area contributed by atoms with Crippen LogP contribution >= 0.6 is 0 Å². The second kappa shape index (κ2) is 6.95. The predicted octanol–water partition coefficient (Wildman–Crippen LogP) is 2.87. The monoisotopic (exact) mass is 342 g/mol. The Labute approximate surface area is 110 Å². The predicted molar refractivity (Wildman–Crippen MR) is 42.0 cm³/mol. The van der Waals surface area contributed by atoms with E-state index in [4.69, 9.17) is 0 Å². The zero-order chi connectivity index (χ0) is 16.9. The molecule has 0 amide bonds. The second-order valence-electron chi connectivity index (χ2n) is 3.02. The Morgan fingerprint density at radius 3 is 1.71 bits per heavy atom. The number of hydrogen-bond donors (Lipinski definition) is 0. The summed E-state index contributed by atoms with van der Waals surface area (Å²) >= 11 is 0. The molecular weight excluding hydrogens is 335 g/mol. The van der Waals surface area contributed by atoms with E-state index in [2.05, 4.69) is 24.0 Å². The van der Waals surface area contributed by atoms with E-state index in [9.17, 15) is 39.5 Å². The number of rotatable bonds is 10. The average molecular weight is 342 g/mol. The zero-order valence-electron chi connectivity index (χ0n) is 9.86. The summed E-state index contributed by atoms with van der Waals surface area (Å²) < 4.78 is 119. The highest BCUT2D eigenvalue weighted by molar-refractivity contribution is 4.70. The molecule has 0 rings (SSSR count). The van der Waals surface area contributed by atoms with E-state index < -0.39 is 38.1 Å². The standard InChI is InChI=1S/C7H7F9O5/c1-17-19-2-4(9,10)20-5(11,12)6(13,14)21-7(15,16)18-3-8/h2-3H2,1H3. The summed E-state index contributed by atoms with van der Waals surface area (Å²) in [6, 6.07) is 0. The first kappa shape index (κ1) is 20.2. The highest BCUT2D eigenvalue weighted by Crippen LogP contribution is 2.43. The van der Waals surface area contributed by atoms with Gasteiger partial charge in [0.2, 0.25) is 0 Å². The topological polar surface area (TPSA) is 46.2 Å². The van der Waals surface area contributed by atoms with E-state index in [1.807, 2.05) is 0 Å². The van der Waals surface area contributed by atoms with E-state index in [-0.39, 0.29) is 0 Å². The van der Waals surface area contributed by atoms with Crippen molar-refractivity contribution >= 4 is 0 Å². The lowest BCUT2D eigenvalue weighted by atomic mass is 10.5. The molecule has 0 saturated carbocycles. The van der Waals surface area contributed by atoms with Gasteiger partial charge < -0.3 is 0 Å². The molecule has 5 nitrogen and oxygen atoms in total. The van der Waals surface area contributed by atoms with Crippen molar-refractivity contribution in [3.05, 3.63) is 0 Å². The minimum Gasteiger partial charge on any atom is -0.264 e. The van der Waals surface area contributed by atoms with E-state index in [1.54, 1.807) is 0 Å². The molecule has 0 aromatic rings. The van der Waals surface area contributed by atoms with Gasteiger partial charge in [-0.05, 0) is 0 Å². The lowest BCUT2D eigenvalue weighted by molar-refractivity contribution is -0.550. The fourth-order valence-electron chi connectivity index (χ4n) is 0.706. The molecule has 0 atom stereocenters. The molecule has 128 valence electrons. The van der Waals surface area contributed by atoms with Gasteiger partial charge in [-0.15, -0.1) is 8.78 Å². The molecule has 0 aliphatic rings. The molecule has 0 spiro atoms. The van der Waals surface area contributed by atoms with Gasteiger partial charge in [0.15, 0.2) is 13.5 Å². The second-order valence-corrected chi connectivity index (χ2v) is 3.02. The van der Waals surface area contributed by atoms with E-state index in [0.717, 1.165) is 0 Å². The molecule has 0 bridgehead atoms. The summed E-state index contributed by atoms with van der Waals surface area (Å²) in [5.74, 6) is 0. The quantitative estimate of drug-likeness (QED) is 0.264. The van der Waals surface area contributed by atoms with Gasteiger partial charge in [-0.3, -0.25) is 4.74 Å². The first-order valence-electron chi connectivity index (χ1n) is 4.56. The van der Waals surface area contributed by atoms with E-state index in [1.165, 1.54) is 0 Å². The summed E-state index contributed by atoms with van der Waals surface area (Å²) in [5.41, 5.74) is 0. The van der Waals surface area contributed by atoms with Crippen LogP contribution in [0.15, 0.2) is 0 Å². The smallest absolute Gasteiger partial charge is 0.264 e. The van der Waals surface area contributed by atoms with E-state index in [0.29, 0.717) is 7.11 Å². The van der Waals surface area contributed by atoms with Crippen LogP contribution in [0.25, 0.3) is 0 Å². The fourth-order valence-corrected chi connectivity index (χ4v) is 0.706. The molecule has 0 fully saturated rings. The van der Waals surface area contributed by atoms with Gasteiger partial charge in [-0.2, -0.15) is 26.3 Å². The summed E-state index contributed by atoms with van der Waals surface area (Å²) in [6.07, 6.45) is -23.1. The Hall–Kier alpha value is -0.830. The van der Waals surface area contributed by atoms with Crippen LogP contribution in [-0.4, -0.2) is 45.2 Å². The van der Waals surface area contributed by atoms with Crippen LogP contribution in [0.5, 0.6) is 0 Å². The summed E-state index contributed by atoms with van der Waals surface area (Å²) in [5, 5.41) is 0. The van der Waals surface area contributed by atoms with Crippen LogP contribution in [0.3, 0.4) is 0 Å². The molecule has 0 aromatic heterocycles. The van der Waals surface area contributed by atoms with Crippen LogP contribution in [0.4, 0.5) is 39.5 Å². The van der Waals surface area contributed by atoms with Gasteiger partial charge >= 0.3 is 24.6 Å². The lowest BCUT2D eigenvalue weighted by Gasteiger charge is -2.30. The molecule has 0 N–H and O–H groups in total. The number of alkyl halides is 9. The van der Waals surface area contributed by atoms with Crippen LogP contribution in [0, 0.1) is 0 Å². The minimum absolute atomic E-state index is 0.681.